The molecule has 0 spiro atoms. The van der Waals surface area contributed by atoms with Crippen LogP contribution >= 0.6 is 11.6 Å². The highest BCUT2D eigenvalue weighted by Crippen LogP contribution is 2.32. The Labute approximate surface area is 119 Å². The van der Waals surface area contributed by atoms with Crippen molar-refractivity contribution in [3.8, 4) is 0 Å². The number of hydrogen-bond acceptors (Lipinski definition) is 7. The fourth-order valence-corrected chi connectivity index (χ4v) is 2.49. The maximum atomic E-state index is 9.80. The molecule has 3 heterocycles. The van der Waals surface area contributed by atoms with Gasteiger partial charge in [-0.1, -0.05) is 0 Å². The van der Waals surface area contributed by atoms with Crippen molar-refractivity contribution >= 4 is 28.6 Å². The lowest BCUT2D eigenvalue weighted by molar-refractivity contribution is -0.0432. The van der Waals surface area contributed by atoms with Crippen molar-refractivity contribution in [1.29, 1.82) is 0 Å². The van der Waals surface area contributed by atoms with Crippen LogP contribution in [0.25, 0.3) is 11.2 Å². The predicted octanol–water partition coefficient (Wildman–Crippen LogP) is 0.162. The molecular formula is C11H14ClN5O3. The Bertz CT molecular complexity index is 634. The zero-order valence-corrected chi connectivity index (χ0v) is 11.4. The van der Waals surface area contributed by atoms with Crippen LogP contribution in [-0.4, -0.2) is 55.6 Å². The summed E-state index contributed by atoms with van der Waals surface area (Å²) in [6, 6.07) is 0. The fourth-order valence-electron chi connectivity index (χ4n) is 2.33. The van der Waals surface area contributed by atoms with Gasteiger partial charge in [-0.3, -0.25) is 4.57 Å². The van der Waals surface area contributed by atoms with Gasteiger partial charge in [0.15, 0.2) is 17.0 Å². The number of nitrogens with zero attached hydrogens (tertiary/aromatic N) is 4. The summed E-state index contributed by atoms with van der Waals surface area (Å²) in [4.78, 5) is 12.4. The minimum absolute atomic E-state index is 0.0980. The molecule has 3 atom stereocenters. The summed E-state index contributed by atoms with van der Waals surface area (Å²) in [5.41, 5.74) is 1.09. The topological polar surface area (TPSA) is 105 Å². The molecule has 0 saturated carbocycles. The van der Waals surface area contributed by atoms with E-state index in [4.69, 9.17) is 21.4 Å². The van der Waals surface area contributed by atoms with Crippen LogP contribution in [0.2, 0.25) is 5.28 Å². The number of hydrogen-bond donors (Lipinski definition) is 3. The van der Waals surface area contributed by atoms with E-state index in [2.05, 4.69) is 20.3 Å². The number of imidazole rings is 1. The lowest BCUT2D eigenvalue weighted by Crippen LogP contribution is -2.24. The molecule has 0 radical (unpaired) electrons. The first-order valence-electron chi connectivity index (χ1n) is 6.16. The van der Waals surface area contributed by atoms with Crippen LogP contribution in [0.3, 0.4) is 0 Å². The van der Waals surface area contributed by atoms with Gasteiger partial charge in [0.25, 0.3) is 0 Å². The lowest BCUT2D eigenvalue weighted by atomic mass is 10.2. The van der Waals surface area contributed by atoms with E-state index in [0.717, 1.165) is 0 Å². The summed E-state index contributed by atoms with van der Waals surface area (Å²) < 4.78 is 7.27. The van der Waals surface area contributed by atoms with E-state index in [1.807, 2.05) is 0 Å². The summed E-state index contributed by atoms with van der Waals surface area (Å²) in [6.45, 7) is -0.234. The van der Waals surface area contributed by atoms with Gasteiger partial charge in [0.05, 0.1) is 19.0 Å². The summed E-state index contributed by atoms with van der Waals surface area (Å²) >= 11 is 5.89. The minimum Gasteiger partial charge on any atom is -0.394 e. The number of anilines is 1. The first kappa shape index (κ1) is 13.5. The van der Waals surface area contributed by atoms with E-state index in [-0.39, 0.29) is 11.9 Å². The molecule has 1 fully saturated rings. The van der Waals surface area contributed by atoms with Crippen LogP contribution in [0.4, 0.5) is 5.82 Å². The van der Waals surface area contributed by atoms with E-state index in [0.29, 0.717) is 23.4 Å². The maximum absolute atomic E-state index is 9.80. The van der Waals surface area contributed by atoms with Crippen molar-refractivity contribution in [3.63, 3.8) is 0 Å². The van der Waals surface area contributed by atoms with Gasteiger partial charge in [-0.2, -0.15) is 9.97 Å². The summed E-state index contributed by atoms with van der Waals surface area (Å²) in [7, 11) is 1.72. The van der Waals surface area contributed by atoms with E-state index in [9.17, 15) is 5.11 Å². The first-order chi connectivity index (χ1) is 9.63. The average molecular weight is 300 g/mol. The normalized spacial score (nSPS) is 26.3. The number of rotatable bonds is 3. The number of ether oxygens (including phenoxy) is 1. The van der Waals surface area contributed by atoms with Crippen molar-refractivity contribution in [3.05, 3.63) is 11.6 Å². The van der Waals surface area contributed by atoms with Crippen molar-refractivity contribution in [2.75, 3.05) is 19.0 Å². The molecule has 0 aliphatic carbocycles. The van der Waals surface area contributed by atoms with Gasteiger partial charge in [-0.25, -0.2) is 4.98 Å². The second-order valence-electron chi connectivity index (χ2n) is 4.53. The molecule has 0 bridgehead atoms. The van der Waals surface area contributed by atoms with Gasteiger partial charge in [0.2, 0.25) is 5.28 Å². The third-order valence-corrected chi connectivity index (χ3v) is 3.49. The molecule has 108 valence electrons. The molecule has 1 saturated heterocycles. The van der Waals surface area contributed by atoms with Crippen LogP contribution in [0.1, 0.15) is 12.6 Å². The molecule has 1 unspecified atom stereocenters. The average Bonchev–Trinajstić information content (AvgIpc) is 3.00. The van der Waals surface area contributed by atoms with E-state index in [1.165, 1.54) is 0 Å². The molecule has 2 aromatic heterocycles. The van der Waals surface area contributed by atoms with Crippen molar-refractivity contribution < 1.29 is 14.9 Å². The number of aliphatic hydroxyl groups excluding tert-OH is 2. The molecule has 20 heavy (non-hydrogen) atoms. The van der Waals surface area contributed by atoms with Gasteiger partial charge in [-0.15, -0.1) is 0 Å². The molecule has 9 heteroatoms. The zero-order chi connectivity index (χ0) is 14.3. The molecule has 0 aromatic carbocycles. The lowest BCUT2D eigenvalue weighted by Gasteiger charge is -2.13. The van der Waals surface area contributed by atoms with Crippen LogP contribution in [0.5, 0.6) is 0 Å². The van der Waals surface area contributed by atoms with Crippen LogP contribution in [0, 0.1) is 0 Å². The van der Waals surface area contributed by atoms with Gasteiger partial charge in [0, 0.05) is 13.5 Å². The Morgan fingerprint density at radius 3 is 3.00 bits per heavy atom. The van der Waals surface area contributed by atoms with Gasteiger partial charge in [0.1, 0.15) is 12.3 Å². The number of aliphatic hydroxyl groups is 2. The molecular weight excluding hydrogens is 286 g/mol. The molecule has 3 rings (SSSR count). The summed E-state index contributed by atoms with van der Waals surface area (Å²) in [6.07, 6.45) is 0.158. The Morgan fingerprint density at radius 1 is 1.55 bits per heavy atom. The van der Waals surface area contributed by atoms with E-state index in [1.54, 1.807) is 17.9 Å². The Hall–Kier alpha value is -1.48. The molecule has 0 amide bonds. The molecule has 1 aliphatic heterocycles. The quantitative estimate of drug-likeness (QED) is 0.693. The van der Waals surface area contributed by atoms with Gasteiger partial charge < -0.3 is 20.3 Å². The third kappa shape index (κ3) is 2.10. The smallest absolute Gasteiger partial charge is 0.226 e. The van der Waals surface area contributed by atoms with Crippen LogP contribution < -0.4 is 5.32 Å². The standard InChI is InChI=1S/C11H14ClN5O3/c1-13-9-8-10(16-11(12)15-9)17(4-14-8)7-2-5(19)6(3-18)20-7/h4-7,18-19H,2-3H2,1H3,(H,13,15,16)/t5-,6+,7?/m0/s1. The number of aromatic nitrogens is 4. The highest BCUT2D eigenvalue weighted by molar-refractivity contribution is 6.28. The second kappa shape index (κ2) is 5.13. The summed E-state index contributed by atoms with van der Waals surface area (Å²) in [5, 5.41) is 21.9. The van der Waals surface area contributed by atoms with Gasteiger partial charge in [-0.05, 0) is 11.6 Å². The fraction of sp³-hybridized carbons (Fsp3) is 0.545. The van der Waals surface area contributed by atoms with Crippen molar-refractivity contribution in [1.82, 2.24) is 19.5 Å². The highest BCUT2D eigenvalue weighted by atomic mass is 35.5. The van der Waals surface area contributed by atoms with Crippen LogP contribution in [0.15, 0.2) is 6.33 Å². The van der Waals surface area contributed by atoms with Crippen molar-refractivity contribution in [2.45, 2.75) is 24.9 Å². The maximum Gasteiger partial charge on any atom is 0.226 e. The molecule has 3 N–H and O–H groups in total. The van der Waals surface area contributed by atoms with E-state index >= 15 is 0 Å². The molecule has 8 nitrogen and oxygen atoms in total. The SMILES string of the molecule is CNc1nc(Cl)nc2c1ncn2C1C[C@H](O)[C@@H](CO)O1. The number of nitrogens with one attached hydrogen (secondary N) is 1. The van der Waals surface area contributed by atoms with E-state index < -0.39 is 18.4 Å². The Morgan fingerprint density at radius 2 is 2.35 bits per heavy atom. The number of fused-ring (bicyclic) bond motifs is 1. The Balaban J connectivity index is 2.03. The monoisotopic (exact) mass is 299 g/mol. The highest BCUT2D eigenvalue weighted by Gasteiger charge is 2.35. The largest absolute Gasteiger partial charge is 0.394 e. The van der Waals surface area contributed by atoms with Gasteiger partial charge >= 0.3 is 0 Å². The summed E-state index contributed by atoms with van der Waals surface area (Å²) in [5.74, 6) is 0.524. The first-order valence-corrected chi connectivity index (χ1v) is 6.54. The third-order valence-electron chi connectivity index (χ3n) is 3.33. The molecule has 1 aliphatic rings. The predicted molar refractivity (Wildman–Crippen MR) is 71.5 cm³/mol. The second-order valence-corrected chi connectivity index (χ2v) is 4.87. The minimum atomic E-state index is -0.719. The number of halogens is 1. The molecule has 2 aromatic rings. The van der Waals surface area contributed by atoms with Crippen LogP contribution in [-0.2, 0) is 4.74 Å². The Kier molecular flexibility index (Phi) is 3.47. The zero-order valence-electron chi connectivity index (χ0n) is 10.7. The van der Waals surface area contributed by atoms with Crippen molar-refractivity contribution in [2.24, 2.45) is 0 Å².